The quantitative estimate of drug-likeness (QED) is 0.328. The topological polar surface area (TPSA) is 82.8 Å². The fourth-order valence-electron chi connectivity index (χ4n) is 3.21. The van der Waals surface area contributed by atoms with Crippen LogP contribution in [-0.4, -0.2) is 37.1 Å². The molecule has 1 saturated heterocycles. The summed E-state index contributed by atoms with van der Waals surface area (Å²) in [4.78, 5) is 17.4. The maximum Gasteiger partial charge on any atom is 0.274 e. The van der Waals surface area contributed by atoms with Crippen molar-refractivity contribution in [2.24, 2.45) is 4.99 Å². The molecule has 142 valence electrons. The molecular formula is C19H22BrN5O2. The smallest absolute Gasteiger partial charge is 0.274 e. The van der Waals surface area contributed by atoms with Crippen molar-refractivity contribution in [1.82, 2.24) is 10.6 Å². The molecule has 3 rings (SSSR count). The highest BCUT2D eigenvalue weighted by molar-refractivity contribution is 9.10. The summed E-state index contributed by atoms with van der Waals surface area (Å²) in [6.45, 7) is 2.17. The molecule has 0 saturated carbocycles. The van der Waals surface area contributed by atoms with E-state index in [1.54, 1.807) is 25.2 Å². The van der Waals surface area contributed by atoms with E-state index in [1.807, 2.05) is 18.2 Å². The summed E-state index contributed by atoms with van der Waals surface area (Å²) in [5, 5.41) is 17.7. The number of nitrogens with one attached hydrogen (secondary N) is 2. The Labute approximate surface area is 166 Å². The summed E-state index contributed by atoms with van der Waals surface area (Å²) < 4.78 is 1.09. The Morgan fingerprint density at radius 3 is 2.78 bits per heavy atom. The molecule has 1 fully saturated rings. The standard InChI is InChI=1S/C19H22BrN5O2/c1-21-19(22-12-14-6-2-4-8-17(14)25(26)27)23-15-10-11-24(13-15)18-9-5-3-7-16(18)20/h2-9,15H,10-13H2,1H3,(H2,21,22,23). The van der Waals surface area contributed by atoms with Gasteiger partial charge in [0.25, 0.3) is 5.69 Å². The first-order valence-corrected chi connectivity index (χ1v) is 9.56. The number of guanidine groups is 1. The van der Waals surface area contributed by atoms with E-state index in [2.05, 4.69) is 42.5 Å². The van der Waals surface area contributed by atoms with Crippen molar-refractivity contribution in [2.45, 2.75) is 19.0 Å². The first-order valence-electron chi connectivity index (χ1n) is 8.77. The van der Waals surface area contributed by atoms with Crippen LogP contribution < -0.4 is 15.5 Å². The van der Waals surface area contributed by atoms with Crippen LogP contribution in [0.2, 0.25) is 0 Å². The Morgan fingerprint density at radius 1 is 1.30 bits per heavy atom. The fraction of sp³-hybridized carbons (Fsp3) is 0.316. The lowest BCUT2D eigenvalue weighted by Crippen LogP contribution is -2.44. The molecule has 1 atom stereocenters. The van der Waals surface area contributed by atoms with Gasteiger partial charge < -0.3 is 15.5 Å². The number of benzene rings is 2. The van der Waals surface area contributed by atoms with Gasteiger partial charge in [0.05, 0.1) is 10.6 Å². The molecule has 0 radical (unpaired) electrons. The summed E-state index contributed by atoms with van der Waals surface area (Å²) in [5.74, 6) is 0.645. The number of aliphatic imine (C=N–C) groups is 1. The van der Waals surface area contributed by atoms with E-state index < -0.39 is 0 Å². The zero-order chi connectivity index (χ0) is 19.2. The molecule has 1 aliphatic heterocycles. The van der Waals surface area contributed by atoms with Gasteiger partial charge in [-0.25, -0.2) is 0 Å². The van der Waals surface area contributed by atoms with Gasteiger partial charge in [0, 0.05) is 48.8 Å². The van der Waals surface area contributed by atoms with Crippen LogP contribution in [0.3, 0.4) is 0 Å². The number of halogens is 1. The normalized spacial score (nSPS) is 17.0. The second-order valence-corrected chi connectivity index (χ2v) is 7.19. The zero-order valence-electron chi connectivity index (χ0n) is 15.1. The number of nitrogens with zero attached hydrogens (tertiary/aromatic N) is 3. The highest BCUT2D eigenvalue weighted by Gasteiger charge is 2.24. The van der Waals surface area contributed by atoms with Crippen molar-refractivity contribution >= 4 is 33.3 Å². The lowest BCUT2D eigenvalue weighted by atomic mass is 10.2. The van der Waals surface area contributed by atoms with Crippen LogP contribution >= 0.6 is 15.9 Å². The van der Waals surface area contributed by atoms with E-state index in [0.29, 0.717) is 18.1 Å². The zero-order valence-corrected chi connectivity index (χ0v) is 16.6. The van der Waals surface area contributed by atoms with Gasteiger partial charge in [-0.2, -0.15) is 0 Å². The van der Waals surface area contributed by atoms with Crippen LogP contribution in [0.4, 0.5) is 11.4 Å². The van der Waals surface area contributed by atoms with Crippen LogP contribution in [0.1, 0.15) is 12.0 Å². The van der Waals surface area contributed by atoms with Crippen LogP contribution in [0.25, 0.3) is 0 Å². The molecule has 7 nitrogen and oxygen atoms in total. The third-order valence-electron chi connectivity index (χ3n) is 4.58. The number of para-hydroxylation sites is 2. The highest BCUT2D eigenvalue weighted by Crippen LogP contribution is 2.28. The molecule has 0 bridgehead atoms. The van der Waals surface area contributed by atoms with Crippen molar-refractivity contribution in [3.8, 4) is 0 Å². The molecule has 1 heterocycles. The number of rotatable bonds is 5. The van der Waals surface area contributed by atoms with Crippen molar-refractivity contribution in [3.05, 3.63) is 68.7 Å². The summed E-state index contributed by atoms with van der Waals surface area (Å²) in [6.07, 6.45) is 0.994. The van der Waals surface area contributed by atoms with Gasteiger partial charge >= 0.3 is 0 Å². The van der Waals surface area contributed by atoms with Crippen LogP contribution in [0.5, 0.6) is 0 Å². The van der Waals surface area contributed by atoms with Gasteiger partial charge in [-0.1, -0.05) is 30.3 Å². The summed E-state index contributed by atoms with van der Waals surface area (Å²) in [7, 11) is 1.70. The van der Waals surface area contributed by atoms with Gasteiger partial charge in [-0.3, -0.25) is 15.1 Å². The molecule has 2 N–H and O–H groups in total. The van der Waals surface area contributed by atoms with Gasteiger partial charge in [-0.15, -0.1) is 0 Å². The number of hydrogen-bond acceptors (Lipinski definition) is 4. The maximum atomic E-state index is 11.1. The Bertz CT molecular complexity index is 842. The largest absolute Gasteiger partial charge is 0.368 e. The average molecular weight is 432 g/mol. The molecule has 8 heteroatoms. The number of nitro benzene ring substituents is 1. The molecular weight excluding hydrogens is 410 g/mol. The van der Waals surface area contributed by atoms with E-state index in [9.17, 15) is 10.1 Å². The van der Waals surface area contributed by atoms with E-state index >= 15 is 0 Å². The Morgan fingerprint density at radius 2 is 2.04 bits per heavy atom. The van der Waals surface area contributed by atoms with Crippen molar-refractivity contribution in [2.75, 3.05) is 25.0 Å². The third-order valence-corrected chi connectivity index (χ3v) is 5.25. The van der Waals surface area contributed by atoms with E-state index in [4.69, 9.17) is 0 Å². The predicted molar refractivity (Wildman–Crippen MR) is 111 cm³/mol. The predicted octanol–water partition coefficient (Wildman–Crippen LogP) is 3.30. The van der Waals surface area contributed by atoms with Crippen molar-refractivity contribution in [1.29, 1.82) is 0 Å². The molecule has 0 aliphatic carbocycles. The van der Waals surface area contributed by atoms with Gasteiger partial charge in [0.1, 0.15) is 0 Å². The Balaban J connectivity index is 1.57. The molecule has 0 aromatic heterocycles. The second-order valence-electron chi connectivity index (χ2n) is 6.34. The van der Waals surface area contributed by atoms with Gasteiger partial charge in [0.2, 0.25) is 0 Å². The number of nitro groups is 1. The van der Waals surface area contributed by atoms with Crippen molar-refractivity contribution in [3.63, 3.8) is 0 Å². The van der Waals surface area contributed by atoms with Crippen LogP contribution in [0, 0.1) is 10.1 Å². The molecule has 0 amide bonds. The summed E-state index contributed by atoms with van der Waals surface area (Å²) >= 11 is 3.61. The molecule has 1 aliphatic rings. The fourth-order valence-corrected chi connectivity index (χ4v) is 3.75. The summed E-state index contributed by atoms with van der Waals surface area (Å²) in [6, 6.07) is 15.2. The van der Waals surface area contributed by atoms with Crippen LogP contribution in [0.15, 0.2) is 58.0 Å². The number of hydrogen-bond donors (Lipinski definition) is 2. The summed E-state index contributed by atoms with van der Waals surface area (Å²) in [5.41, 5.74) is 1.93. The molecule has 1 unspecified atom stereocenters. The monoisotopic (exact) mass is 431 g/mol. The minimum atomic E-state index is -0.361. The van der Waals surface area contributed by atoms with Gasteiger partial charge in [0.15, 0.2) is 5.96 Å². The minimum absolute atomic E-state index is 0.112. The Kier molecular flexibility index (Phi) is 6.28. The van der Waals surface area contributed by atoms with Crippen molar-refractivity contribution < 1.29 is 4.92 Å². The van der Waals surface area contributed by atoms with E-state index in [-0.39, 0.29) is 16.7 Å². The lowest BCUT2D eigenvalue weighted by Gasteiger charge is -2.21. The number of anilines is 1. The SMILES string of the molecule is CN=C(NCc1ccccc1[N+](=O)[O-])NC1CCN(c2ccccc2Br)C1. The maximum absolute atomic E-state index is 11.1. The van der Waals surface area contributed by atoms with Gasteiger partial charge in [-0.05, 0) is 34.5 Å². The molecule has 27 heavy (non-hydrogen) atoms. The average Bonchev–Trinajstić information content (AvgIpc) is 3.14. The Hall–Kier alpha value is -2.61. The third kappa shape index (κ3) is 4.77. The van der Waals surface area contributed by atoms with Crippen LogP contribution in [-0.2, 0) is 6.54 Å². The molecule has 2 aromatic rings. The van der Waals surface area contributed by atoms with E-state index in [0.717, 1.165) is 24.0 Å². The second kappa shape index (κ2) is 8.85. The molecule has 0 spiro atoms. The highest BCUT2D eigenvalue weighted by atomic mass is 79.9. The van der Waals surface area contributed by atoms with E-state index in [1.165, 1.54) is 11.8 Å². The minimum Gasteiger partial charge on any atom is -0.368 e. The first kappa shape index (κ1) is 19.2. The lowest BCUT2D eigenvalue weighted by molar-refractivity contribution is -0.385. The molecule has 2 aromatic carbocycles. The first-order chi connectivity index (χ1) is 13.1.